The standard InChI is InChI=1S/C18H20N2O2/c1-13(18(22)19-12-15-7-4-3-5-8-15)20-17-10-6-9-16(11-17)14(2)21/h3-11,13,20H,12H2,1-2H3,(H,19,22)/t13-/m0/s1. The Balaban J connectivity index is 1.91. The van der Waals surface area contributed by atoms with Gasteiger partial charge >= 0.3 is 0 Å². The largest absolute Gasteiger partial charge is 0.374 e. The third kappa shape index (κ3) is 4.45. The molecule has 0 unspecified atom stereocenters. The molecule has 2 rings (SSSR count). The Morgan fingerprint density at radius 2 is 1.77 bits per heavy atom. The maximum Gasteiger partial charge on any atom is 0.242 e. The second-order valence-electron chi connectivity index (χ2n) is 5.21. The van der Waals surface area contributed by atoms with Crippen molar-refractivity contribution in [1.29, 1.82) is 0 Å². The van der Waals surface area contributed by atoms with Crippen LogP contribution >= 0.6 is 0 Å². The Morgan fingerprint density at radius 1 is 1.05 bits per heavy atom. The highest BCUT2D eigenvalue weighted by Gasteiger charge is 2.12. The number of carbonyl (C=O) groups is 2. The average molecular weight is 296 g/mol. The molecule has 2 aromatic rings. The molecule has 0 saturated carbocycles. The number of nitrogens with one attached hydrogen (secondary N) is 2. The number of hydrogen-bond donors (Lipinski definition) is 2. The van der Waals surface area contributed by atoms with Gasteiger partial charge in [0.15, 0.2) is 5.78 Å². The molecule has 114 valence electrons. The minimum atomic E-state index is -0.383. The molecule has 4 nitrogen and oxygen atoms in total. The number of carbonyl (C=O) groups excluding carboxylic acids is 2. The van der Waals surface area contributed by atoms with E-state index in [0.29, 0.717) is 12.1 Å². The molecule has 4 heteroatoms. The first-order valence-electron chi connectivity index (χ1n) is 7.25. The zero-order chi connectivity index (χ0) is 15.9. The third-order valence-corrected chi connectivity index (χ3v) is 3.36. The first-order valence-corrected chi connectivity index (χ1v) is 7.25. The van der Waals surface area contributed by atoms with E-state index in [9.17, 15) is 9.59 Å². The fourth-order valence-corrected chi connectivity index (χ4v) is 2.08. The summed E-state index contributed by atoms with van der Waals surface area (Å²) in [5, 5.41) is 6.00. The molecule has 22 heavy (non-hydrogen) atoms. The molecule has 0 saturated heterocycles. The summed E-state index contributed by atoms with van der Waals surface area (Å²) in [7, 11) is 0. The summed E-state index contributed by atoms with van der Waals surface area (Å²) >= 11 is 0. The molecule has 0 heterocycles. The molecule has 0 aliphatic carbocycles. The Kier molecular flexibility index (Phi) is 5.31. The van der Waals surface area contributed by atoms with E-state index in [1.807, 2.05) is 36.4 Å². The number of rotatable bonds is 6. The highest BCUT2D eigenvalue weighted by Crippen LogP contribution is 2.12. The second kappa shape index (κ2) is 7.41. The number of anilines is 1. The molecule has 0 spiro atoms. The molecule has 1 amide bonds. The number of hydrogen-bond acceptors (Lipinski definition) is 3. The molecule has 0 aliphatic heterocycles. The SMILES string of the molecule is CC(=O)c1cccc(N[C@@H](C)C(=O)NCc2ccccc2)c1. The van der Waals surface area contributed by atoms with Crippen molar-refractivity contribution < 1.29 is 9.59 Å². The van der Waals surface area contributed by atoms with Crippen LogP contribution in [0.2, 0.25) is 0 Å². The number of ketones is 1. The van der Waals surface area contributed by atoms with Crippen molar-refractivity contribution in [2.24, 2.45) is 0 Å². The van der Waals surface area contributed by atoms with E-state index in [-0.39, 0.29) is 17.7 Å². The topological polar surface area (TPSA) is 58.2 Å². The monoisotopic (exact) mass is 296 g/mol. The lowest BCUT2D eigenvalue weighted by Crippen LogP contribution is -2.37. The lowest BCUT2D eigenvalue weighted by atomic mass is 10.1. The summed E-state index contributed by atoms with van der Waals surface area (Å²) in [6.07, 6.45) is 0. The van der Waals surface area contributed by atoms with Crippen LogP contribution in [-0.2, 0) is 11.3 Å². The fourth-order valence-electron chi connectivity index (χ4n) is 2.08. The van der Waals surface area contributed by atoms with Gasteiger partial charge in [-0.05, 0) is 31.5 Å². The molecule has 0 radical (unpaired) electrons. The molecular formula is C18H20N2O2. The van der Waals surface area contributed by atoms with Crippen LogP contribution in [0, 0.1) is 0 Å². The number of amides is 1. The average Bonchev–Trinajstić information content (AvgIpc) is 2.53. The number of Topliss-reactive ketones (excluding diaryl/α,β-unsaturated/α-hetero) is 1. The van der Waals surface area contributed by atoms with Crippen molar-refractivity contribution in [3.63, 3.8) is 0 Å². The fraction of sp³-hybridized carbons (Fsp3) is 0.222. The third-order valence-electron chi connectivity index (χ3n) is 3.36. The van der Waals surface area contributed by atoms with Gasteiger partial charge in [-0.25, -0.2) is 0 Å². The van der Waals surface area contributed by atoms with Gasteiger partial charge in [0.05, 0.1) is 0 Å². The summed E-state index contributed by atoms with van der Waals surface area (Å²) in [5.41, 5.74) is 2.44. The van der Waals surface area contributed by atoms with Crippen LogP contribution in [0.4, 0.5) is 5.69 Å². The van der Waals surface area contributed by atoms with Crippen LogP contribution in [0.25, 0.3) is 0 Å². The first kappa shape index (κ1) is 15.8. The van der Waals surface area contributed by atoms with Gasteiger partial charge < -0.3 is 10.6 Å². The van der Waals surface area contributed by atoms with Crippen LogP contribution < -0.4 is 10.6 Å². The molecule has 0 fully saturated rings. The van der Waals surface area contributed by atoms with Crippen LogP contribution in [0.5, 0.6) is 0 Å². The maximum atomic E-state index is 12.1. The molecule has 0 aromatic heterocycles. The van der Waals surface area contributed by atoms with Crippen LogP contribution in [-0.4, -0.2) is 17.7 Å². The molecular weight excluding hydrogens is 276 g/mol. The molecule has 1 atom stereocenters. The van der Waals surface area contributed by atoms with Gasteiger partial charge in [0.25, 0.3) is 0 Å². The summed E-state index contributed by atoms with van der Waals surface area (Å²) in [5.74, 6) is -0.0816. The molecule has 0 aliphatic rings. The first-order chi connectivity index (χ1) is 10.6. The van der Waals surface area contributed by atoms with E-state index in [4.69, 9.17) is 0 Å². The molecule has 2 N–H and O–H groups in total. The summed E-state index contributed by atoms with van der Waals surface area (Å²) in [4.78, 5) is 23.5. The van der Waals surface area contributed by atoms with Crippen LogP contribution in [0.15, 0.2) is 54.6 Å². The highest BCUT2D eigenvalue weighted by atomic mass is 16.2. The van der Waals surface area contributed by atoms with E-state index < -0.39 is 0 Å². The zero-order valence-electron chi connectivity index (χ0n) is 12.8. The summed E-state index contributed by atoms with van der Waals surface area (Å²) < 4.78 is 0. The van der Waals surface area contributed by atoms with Gasteiger partial charge in [0.2, 0.25) is 5.91 Å². The van der Waals surface area contributed by atoms with Crippen LogP contribution in [0.1, 0.15) is 29.8 Å². The number of benzene rings is 2. The van der Waals surface area contributed by atoms with Gasteiger partial charge in [-0.15, -0.1) is 0 Å². The van der Waals surface area contributed by atoms with E-state index >= 15 is 0 Å². The minimum absolute atomic E-state index is 0.00447. The van der Waals surface area contributed by atoms with E-state index in [2.05, 4.69) is 10.6 Å². The van der Waals surface area contributed by atoms with Gasteiger partial charge in [-0.1, -0.05) is 42.5 Å². The van der Waals surface area contributed by atoms with Gasteiger partial charge in [-0.2, -0.15) is 0 Å². The zero-order valence-corrected chi connectivity index (χ0v) is 12.8. The summed E-state index contributed by atoms with van der Waals surface area (Å²) in [6, 6.07) is 16.5. The smallest absolute Gasteiger partial charge is 0.242 e. The minimum Gasteiger partial charge on any atom is -0.374 e. The Hall–Kier alpha value is -2.62. The lowest BCUT2D eigenvalue weighted by molar-refractivity contribution is -0.121. The summed E-state index contributed by atoms with van der Waals surface area (Å²) in [6.45, 7) is 3.81. The van der Waals surface area contributed by atoms with Gasteiger partial charge in [0.1, 0.15) is 6.04 Å². The van der Waals surface area contributed by atoms with Gasteiger partial charge in [0, 0.05) is 17.8 Å². The van der Waals surface area contributed by atoms with Crippen molar-refractivity contribution in [2.75, 3.05) is 5.32 Å². The maximum absolute atomic E-state index is 12.1. The quantitative estimate of drug-likeness (QED) is 0.806. The van der Waals surface area contributed by atoms with E-state index in [0.717, 1.165) is 11.3 Å². The van der Waals surface area contributed by atoms with Crippen molar-refractivity contribution in [2.45, 2.75) is 26.4 Å². The highest BCUT2D eigenvalue weighted by molar-refractivity contribution is 5.95. The predicted octanol–water partition coefficient (Wildman–Crippen LogP) is 3.01. The van der Waals surface area contributed by atoms with Crippen molar-refractivity contribution in [3.05, 3.63) is 65.7 Å². The Labute approximate surface area is 130 Å². The van der Waals surface area contributed by atoms with Crippen molar-refractivity contribution >= 4 is 17.4 Å². The normalized spacial score (nSPS) is 11.5. The van der Waals surface area contributed by atoms with E-state index in [1.165, 1.54) is 6.92 Å². The van der Waals surface area contributed by atoms with E-state index in [1.54, 1.807) is 25.1 Å². The Bertz CT molecular complexity index is 653. The predicted molar refractivity (Wildman–Crippen MR) is 87.8 cm³/mol. The molecule has 2 aromatic carbocycles. The lowest BCUT2D eigenvalue weighted by Gasteiger charge is -2.15. The molecule has 0 bridgehead atoms. The second-order valence-corrected chi connectivity index (χ2v) is 5.21. The van der Waals surface area contributed by atoms with Crippen LogP contribution in [0.3, 0.4) is 0 Å². The Morgan fingerprint density at radius 3 is 2.45 bits per heavy atom. The van der Waals surface area contributed by atoms with Crippen molar-refractivity contribution in [1.82, 2.24) is 5.32 Å². The van der Waals surface area contributed by atoms with Gasteiger partial charge in [-0.3, -0.25) is 9.59 Å². The van der Waals surface area contributed by atoms with Crippen molar-refractivity contribution in [3.8, 4) is 0 Å².